The van der Waals surface area contributed by atoms with Crippen LogP contribution < -0.4 is 9.47 Å². The number of benzene rings is 2. The summed E-state index contributed by atoms with van der Waals surface area (Å²) in [6.45, 7) is 0.716. The minimum atomic E-state index is -1.75. The van der Waals surface area contributed by atoms with Crippen molar-refractivity contribution in [2.75, 3.05) is 6.61 Å². The third-order valence-electron chi connectivity index (χ3n) is 7.42. The van der Waals surface area contributed by atoms with Gasteiger partial charge in [-0.1, -0.05) is 12.1 Å². The molecule has 2 saturated heterocycles. The van der Waals surface area contributed by atoms with E-state index in [4.69, 9.17) is 23.7 Å². The van der Waals surface area contributed by atoms with Gasteiger partial charge in [-0.2, -0.15) is 0 Å². The molecular weight excluding hydrogens is 548 g/mol. The van der Waals surface area contributed by atoms with Gasteiger partial charge >= 0.3 is 0 Å². The van der Waals surface area contributed by atoms with Gasteiger partial charge in [0.2, 0.25) is 6.29 Å². The first-order valence-electron chi connectivity index (χ1n) is 13.0. The zero-order chi connectivity index (χ0) is 29.6. The van der Waals surface area contributed by atoms with Gasteiger partial charge in [0.1, 0.15) is 71.3 Å². The predicted molar refractivity (Wildman–Crippen MR) is 134 cm³/mol. The molecule has 3 heterocycles. The summed E-state index contributed by atoms with van der Waals surface area (Å²) >= 11 is 0. The smallest absolute Gasteiger partial charge is 0.229 e. The zero-order valence-corrected chi connectivity index (χ0v) is 21.8. The second-order valence-electron chi connectivity index (χ2n) is 10.2. The van der Waals surface area contributed by atoms with Crippen molar-refractivity contribution in [1.29, 1.82) is 0 Å². The van der Waals surface area contributed by atoms with E-state index in [1.165, 1.54) is 25.1 Å². The van der Waals surface area contributed by atoms with Gasteiger partial charge in [-0.25, -0.2) is 0 Å². The van der Waals surface area contributed by atoms with E-state index in [1.807, 2.05) is 0 Å². The number of rotatable bonds is 6. The molecule has 0 unspecified atom stereocenters. The number of aromatic hydroxyl groups is 2. The molecule has 0 amide bonds. The zero-order valence-electron chi connectivity index (χ0n) is 21.8. The highest BCUT2D eigenvalue weighted by Crippen LogP contribution is 2.43. The molecule has 0 bridgehead atoms. The lowest BCUT2D eigenvalue weighted by Crippen LogP contribution is -2.64. The Labute approximate surface area is 233 Å². The Morgan fingerprint density at radius 1 is 0.878 bits per heavy atom. The van der Waals surface area contributed by atoms with Gasteiger partial charge in [0.15, 0.2) is 18.2 Å². The Balaban J connectivity index is 1.41. The molecule has 0 aromatic heterocycles. The Morgan fingerprint density at radius 2 is 1.59 bits per heavy atom. The fraction of sp³-hybridized carbons (Fsp3) is 0.519. The van der Waals surface area contributed by atoms with Crippen molar-refractivity contribution in [2.45, 2.75) is 80.9 Å². The number of phenols is 2. The normalized spacial score (nSPS) is 37.2. The maximum Gasteiger partial charge on any atom is 0.229 e. The molecule has 224 valence electrons. The summed E-state index contributed by atoms with van der Waals surface area (Å²) in [6, 6.07) is 8.50. The number of carbonyl (C=O) groups excluding carboxylic acids is 1. The number of ketones is 1. The highest BCUT2D eigenvalue weighted by Gasteiger charge is 2.51. The lowest BCUT2D eigenvalue weighted by atomic mass is 9.95. The van der Waals surface area contributed by atoms with Crippen molar-refractivity contribution < 1.29 is 69.3 Å². The minimum Gasteiger partial charge on any atom is -0.508 e. The average Bonchev–Trinajstić information content (AvgIpc) is 2.94. The van der Waals surface area contributed by atoms with Gasteiger partial charge in [0.05, 0.1) is 19.1 Å². The number of hydrogen-bond donors (Lipinski definition) is 8. The lowest BCUT2D eigenvalue weighted by molar-refractivity contribution is -0.354. The molecule has 0 radical (unpaired) electrons. The number of hydrogen-bond acceptors (Lipinski definition) is 14. The summed E-state index contributed by atoms with van der Waals surface area (Å²) in [5.41, 5.74) is 0.529. The van der Waals surface area contributed by atoms with Crippen molar-refractivity contribution in [3.05, 3.63) is 47.5 Å². The van der Waals surface area contributed by atoms with E-state index in [1.54, 1.807) is 12.1 Å². The van der Waals surface area contributed by atoms with Crippen LogP contribution in [0, 0.1) is 0 Å². The molecule has 11 atom stereocenters. The molecule has 8 N–H and O–H groups in total. The SMILES string of the molecule is C[C@H]1O[C@@H](O[C@H]2[C@@H](Oc3cc(O)c4c(c3)O[C@H](c3ccc(O)cc3)CC4=O)O[C@@H](CO)[C@@H](O)[C@H]2O)[C@@H](O)[C@@H](O)[C@H]1O. The van der Waals surface area contributed by atoms with E-state index in [-0.39, 0.29) is 29.2 Å². The largest absolute Gasteiger partial charge is 0.508 e. The van der Waals surface area contributed by atoms with Crippen LogP contribution in [-0.4, -0.2) is 115 Å². The summed E-state index contributed by atoms with van der Waals surface area (Å²) in [7, 11) is 0. The fourth-order valence-electron chi connectivity index (χ4n) is 5.07. The third-order valence-corrected chi connectivity index (χ3v) is 7.42. The fourth-order valence-corrected chi connectivity index (χ4v) is 5.07. The van der Waals surface area contributed by atoms with Gasteiger partial charge in [-0.15, -0.1) is 0 Å². The summed E-state index contributed by atoms with van der Waals surface area (Å²) in [4.78, 5) is 12.9. The molecule has 41 heavy (non-hydrogen) atoms. The number of ether oxygens (including phenoxy) is 5. The van der Waals surface area contributed by atoms with Crippen LogP contribution in [0.1, 0.15) is 35.4 Å². The molecule has 5 rings (SSSR count). The molecule has 14 nitrogen and oxygen atoms in total. The predicted octanol–water partition coefficient (Wildman–Crippen LogP) is -1.17. The number of carbonyl (C=O) groups is 1. The minimum absolute atomic E-state index is 0.0149. The van der Waals surface area contributed by atoms with Crippen molar-refractivity contribution in [3.63, 3.8) is 0 Å². The molecule has 3 aliphatic rings. The number of phenolic OH excluding ortho intramolecular Hbond substituents is 2. The van der Waals surface area contributed by atoms with Gasteiger partial charge in [0, 0.05) is 12.1 Å². The van der Waals surface area contributed by atoms with Crippen LogP contribution in [0.3, 0.4) is 0 Å². The topological polar surface area (TPSA) is 225 Å². The van der Waals surface area contributed by atoms with Crippen LogP contribution in [0.15, 0.2) is 36.4 Å². The van der Waals surface area contributed by atoms with Gasteiger partial charge in [-0.05, 0) is 24.6 Å². The van der Waals surface area contributed by atoms with E-state index in [0.29, 0.717) is 5.56 Å². The van der Waals surface area contributed by atoms with E-state index in [2.05, 4.69) is 0 Å². The lowest BCUT2D eigenvalue weighted by Gasteiger charge is -2.45. The quantitative estimate of drug-likeness (QED) is 0.202. The van der Waals surface area contributed by atoms with Gasteiger partial charge in [-0.3, -0.25) is 4.79 Å². The maximum atomic E-state index is 12.9. The molecular formula is C27H32O14. The van der Waals surface area contributed by atoms with Crippen LogP contribution in [-0.2, 0) is 14.2 Å². The van der Waals surface area contributed by atoms with Crippen molar-refractivity contribution in [2.24, 2.45) is 0 Å². The van der Waals surface area contributed by atoms with Gasteiger partial charge in [0.25, 0.3) is 0 Å². The first-order valence-corrected chi connectivity index (χ1v) is 13.0. The van der Waals surface area contributed by atoms with Crippen molar-refractivity contribution in [3.8, 4) is 23.0 Å². The molecule has 14 heteroatoms. The Morgan fingerprint density at radius 3 is 2.27 bits per heavy atom. The summed E-state index contributed by atoms with van der Waals surface area (Å²) in [5, 5.41) is 81.6. The third kappa shape index (κ3) is 5.70. The Bertz CT molecular complexity index is 1240. The van der Waals surface area contributed by atoms with Crippen LogP contribution in [0.25, 0.3) is 0 Å². The van der Waals surface area contributed by atoms with E-state index >= 15 is 0 Å². The van der Waals surface area contributed by atoms with Crippen molar-refractivity contribution >= 4 is 5.78 Å². The van der Waals surface area contributed by atoms with Crippen LogP contribution in [0.5, 0.6) is 23.0 Å². The summed E-state index contributed by atoms with van der Waals surface area (Å²) < 4.78 is 28.6. The van der Waals surface area contributed by atoms with E-state index < -0.39 is 85.7 Å². The number of aliphatic hydroxyl groups excluding tert-OH is 6. The second kappa shape index (κ2) is 11.7. The van der Waals surface area contributed by atoms with Crippen LogP contribution >= 0.6 is 0 Å². The molecule has 2 aromatic carbocycles. The Kier molecular flexibility index (Phi) is 8.39. The molecule has 0 saturated carbocycles. The maximum absolute atomic E-state index is 12.9. The summed E-state index contributed by atoms with van der Waals surface area (Å²) in [6.07, 6.45) is -16.0. The molecule has 0 aliphatic carbocycles. The molecule has 2 aromatic rings. The highest BCUT2D eigenvalue weighted by molar-refractivity contribution is 6.02. The monoisotopic (exact) mass is 580 g/mol. The first kappa shape index (κ1) is 29.4. The summed E-state index contributed by atoms with van der Waals surface area (Å²) in [5.74, 6) is -0.947. The van der Waals surface area contributed by atoms with E-state index in [0.717, 1.165) is 6.07 Å². The molecule has 2 fully saturated rings. The second-order valence-corrected chi connectivity index (χ2v) is 10.2. The van der Waals surface area contributed by atoms with E-state index in [9.17, 15) is 45.6 Å². The van der Waals surface area contributed by atoms with Crippen LogP contribution in [0.4, 0.5) is 0 Å². The standard InChI is InChI=1S/C27H32O14/c1-10-20(32)22(34)24(36)26(37-10)41-25-23(35)21(33)18(9-28)40-27(25)38-13-6-14(30)19-15(31)8-16(39-17(19)7-13)11-2-4-12(29)5-3-11/h2-7,10,16,18,20-30,32-36H,8-9H2,1H3/t10-,16+,18+,20+,21-,22+,23-,24+,25-,26+,27+/m1/s1. The number of fused-ring (bicyclic) bond motifs is 1. The average molecular weight is 581 g/mol. The Hall–Kier alpha value is -3.05. The highest BCUT2D eigenvalue weighted by atomic mass is 16.8. The molecule has 0 spiro atoms. The molecule has 3 aliphatic heterocycles. The van der Waals surface area contributed by atoms with Gasteiger partial charge < -0.3 is 64.5 Å². The van der Waals surface area contributed by atoms with Crippen LogP contribution in [0.2, 0.25) is 0 Å². The number of aliphatic hydroxyl groups is 6. The first-order chi connectivity index (χ1) is 19.5. The number of Topliss-reactive ketones (excluding diaryl/α,β-unsaturated/α-hetero) is 1. The van der Waals surface area contributed by atoms with Crippen molar-refractivity contribution in [1.82, 2.24) is 0 Å².